The molecule has 4 heterocycles. The van der Waals surface area contributed by atoms with Crippen LogP contribution < -0.4 is 20.3 Å². The lowest BCUT2D eigenvalue weighted by molar-refractivity contribution is -0.0435. The molecule has 1 amide bonds. The van der Waals surface area contributed by atoms with E-state index in [0.717, 1.165) is 139 Å². The average Bonchev–Trinajstić information content (AvgIpc) is 3.84. The molecule has 1 aliphatic carbocycles. The Morgan fingerprint density at radius 1 is 0.833 bits per heavy atom. The number of sulfone groups is 1. The Morgan fingerprint density at radius 2 is 1.55 bits per heavy atom. The zero-order chi connectivity index (χ0) is 54.9. The van der Waals surface area contributed by atoms with Crippen molar-refractivity contribution in [3.05, 3.63) is 119 Å². The fourth-order valence-electron chi connectivity index (χ4n) is 11.8. The highest BCUT2D eigenvalue weighted by molar-refractivity contribution is 7.99. The molecule has 4 aromatic carbocycles. The number of amides is 1. The minimum Gasteiger partial charge on any atom is -0.380 e. The molecule has 2 atom stereocenters. The molecule has 1 unspecified atom stereocenters. The molecule has 78 heavy (non-hydrogen) atoms. The maximum Gasteiger partial charge on any atom is 0.501 e. The van der Waals surface area contributed by atoms with Crippen LogP contribution in [-0.4, -0.2) is 177 Å². The van der Waals surface area contributed by atoms with Crippen molar-refractivity contribution in [3.63, 3.8) is 0 Å². The van der Waals surface area contributed by atoms with E-state index >= 15 is 0 Å². The van der Waals surface area contributed by atoms with E-state index in [0.29, 0.717) is 50.6 Å². The van der Waals surface area contributed by atoms with Gasteiger partial charge in [0.1, 0.15) is 4.90 Å². The van der Waals surface area contributed by atoms with Gasteiger partial charge in [0.05, 0.1) is 17.2 Å². The zero-order valence-corrected chi connectivity index (χ0v) is 47.7. The van der Waals surface area contributed by atoms with Crippen LogP contribution in [0.5, 0.6) is 0 Å². The average molecular weight is 1160 g/mol. The Bertz CT molecular complexity index is 2900. The van der Waals surface area contributed by atoms with Crippen molar-refractivity contribution < 1.29 is 39.5 Å². The van der Waals surface area contributed by atoms with Crippen molar-refractivity contribution in [2.75, 3.05) is 127 Å². The summed E-state index contributed by atoms with van der Waals surface area (Å²) in [6.07, 6.45) is 6.90. The number of anilines is 2. The van der Waals surface area contributed by atoms with Crippen LogP contribution >= 0.6 is 23.4 Å². The molecule has 4 saturated heterocycles. The normalized spacial score (nSPS) is 21.8. The Hall–Kier alpha value is -4.22. The molecular weight excluding hydrogens is 1080 g/mol. The molecule has 0 spiro atoms. The van der Waals surface area contributed by atoms with Crippen LogP contribution in [0.4, 0.5) is 24.5 Å². The van der Waals surface area contributed by atoms with Gasteiger partial charge in [0.15, 0.2) is 0 Å². The number of piperazine rings is 2. The second-order valence-electron chi connectivity index (χ2n) is 21.8. The van der Waals surface area contributed by atoms with Gasteiger partial charge in [-0.15, -0.1) is 11.8 Å². The Kier molecular flexibility index (Phi) is 19.6. The molecule has 4 aromatic rings. The number of piperidine rings is 1. The Labute approximate surface area is 468 Å². The number of halogens is 4. The van der Waals surface area contributed by atoms with Gasteiger partial charge in [-0.05, 0) is 141 Å². The number of sulfonamides is 1. The van der Waals surface area contributed by atoms with Crippen molar-refractivity contribution in [1.82, 2.24) is 29.6 Å². The van der Waals surface area contributed by atoms with Gasteiger partial charge >= 0.3 is 5.51 Å². The number of nitrogens with zero attached hydrogens (tertiary/aromatic N) is 5. The van der Waals surface area contributed by atoms with Crippen LogP contribution in [0.1, 0.15) is 67.8 Å². The number of rotatable bonds is 19. The summed E-state index contributed by atoms with van der Waals surface area (Å²) in [4.78, 5) is 24.7. The summed E-state index contributed by atoms with van der Waals surface area (Å²) in [6.45, 7) is 17.5. The molecule has 3 N–H and O–H groups in total. The van der Waals surface area contributed by atoms with E-state index in [2.05, 4.69) is 54.2 Å². The lowest BCUT2D eigenvalue weighted by atomic mass is 9.71. The smallest absolute Gasteiger partial charge is 0.380 e. The largest absolute Gasteiger partial charge is 0.501 e. The highest BCUT2D eigenvalue weighted by Crippen LogP contribution is 2.44. The fraction of sp³-hybridized carbons (Fsp3) is 0.526. The molecule has 5 aliphatic rings. The third-order valence-corrected chi connectivity index (χ3v) is 20.4. The number of carbonyl (C=O) groups is 1. The van der Waals surface area contributed by atoms with E-state index in [1.165, 1.54) is 53.4 Å². The summed E-state index contributed by atoms with van der Waals surface area (Å²) >= 11 is 7.80. The zero-order valence-electron chi connectivity index (χ0n) is 44.5. The lowest BCUT2D eigenvalue weighted by Gasteiger charge is -2.45. The number of hydrogen-bond donors (Lipinski definition) is 3. The third kappa shape index (κ3) is 15.2. The van der Waals surface area contributed by atoms with Crippen molar-refractivity contribution in [2.45, 2.75) is 84.1 Å². The van der Waals surface area contributed by atoms with Crippen molar-refractivity contribution in [1.29, 1.82) is 0 Å². The van der Waals surface area contributed by atoms with Gasteiger partial charge in [-0.2, -0.15) is 13.2 Å². The van der Waals surface area contributed by atoms with Crippen LogP contribution in [0, 0.1) is 5.41 Å². The van der Waals surface area contributed by atoms with Gasteiger partial charge in [0.2, 0.25) is 0 Å². The topological polar surface area (TPSA) is 147 Å². The number of ether oxygens (including phenoxy) is 1. The highest BCUT2D eigenvalue weighted by atomic mass is 35.5. The van der Waals surface area contributed by atoms with Crippen LogP contribution in [-0.2, 0) is 24.6 Å². The van der Waals surface area contributed by atoms with Crippen LogP contribution in [0.15, 0.2) is 117 Å². The highest BCUT2D eigenvalue weighted by Gasteiger charge is 2.49. The number of alkyl halides is 3. The number of benzene rings is 4. The molecule has 14 nitrogen and oxygen atoms in total. The molecular formula is C57H74ClF3N8O6S3. The summed E-state index contributed by atoms with van der Waals surface area (Å²) < 4.78 is 104. The summed E-state index contributed by atoms with van der Waals surface area (Å²) in [5.41, 5.74) is -0.985. The molecule has 0 bridgehead atoms. The summed E-state index contributed by atoms with van der Waals surface area (Å²) in [5.74, 6) is -0.651. The molecule has 0 aromatic heterocycles. The molecule has 4 fully saturated rings. The number of carbonyl (C=O) groups excluding carboxylic acids is 1. The predicted octanol–water partition coefficient (Wildman–Crippen LogP) is 8.57. The van der Waals surface area contributed by atoms with Crippen molar-refractivity contribution in [2.24, 2.45) is 5.41 Å². The maximum absolute atomic E-state index is 14.3. The fourth-order valence-corrected chi connectivity index (χ4v) is 14.9. The van der Waals surface area contributed by atoms with E-state index in [1.54, 1.807) is 12.1 Å². The minimum absolute atomic E-state index is 0.00282. The van der Waals surface area contributed by atoms with Gasteiger partial charge in [0, 0.05) is 131 Å². The van der Waals surface area contributed by atoms with Crippen LogP contribution in [0.2, 0.25) is 5.02 Å². The van der Waals surface area contributed by atoms with E-state index < -0.39 is 52.8 Å². The Balaban J connectivity index is 0.830. The number of allylic oxidation sites excluding steroid dienone is 1. The van der Waals surface area contributed by atoms with E-state index in [9.17, 15) is 34.8 Å². The number of nitrogens with one attached hydrogen (secondary N) is 3. The first kappa shape index (κ1) is 58.4. The number of likely N-dealkylation sites (tertiary alicyclic amines) is 1. The summed E-state index contributed by atoms with van der Waals surface area (Å²) in [5, 5.41) is 7.24. The van der Waals surface area contributed by atoms with Gasteiger partial charge in [0.25, 0.3) is 25.8 Å². The second-order valence-corrected chi connectivity index (χ2v) is 26.9. The first-order valence-corrected chi connectivity index (χ1v) is 31.7. The predicted molar refractivity (Wildman–Crippen MR) is 305 cm³/mol. The summed E-state index contributed by atoms with van der Waals surface area (Å²) in [7, 11) is -10.9. The van der Waals surface area contributed by atoms with Gasteiger partial charge in [-0.1, -0.05) is 54.4 Å². The number of hydrogen-bond acceptors (Lipinski definition) is 14. The molecule has 9 rings (SSSR count). The van der Waals surface area contributed by atoms with Gasteiger partial charge < -0.3 is 30.1 Å². The van der Waals surface area contributed by atoms with E-state index in [1.807, 2.05) is 47.2 Å². The minimum atomic E-state index is -6.07. The second kappa shape index (κ2) is 26.1. The van der Waals surface area contributed by atoms with Gasteiger partial charge in [-0.3, -0.25) is 14.6 Å². The van der Waals surface area contributed by atoms with Crippen LogP contribution in [0.25, 0.3) is 5.57 Å². The molecule has 0 radical (unpaired) electrons. The standard InChI is InChI=1S/C57H74ClF3N8O6S3/c1-56(42-67-27-20-49(21-28-67)68-29-23-62-24-30-68)22-18-52(43-8-12-46(58)13-9-43)45(39-56)40-66-31-33-69(34-32-66)48-14-10-44(11-15-48)55(70)64-78(73,74)51-16-17-53(54(38-51)77(71,72)57(59,60)61)63-47(41-76-50-6-3-2-4-7-50)19-26-65-25-5-36-75-37-35-65/h2-4,6-17,38,47,49,62-63H,5,18-37,39-42H2,1H3,(H,64,70)/t47?,56-/m1/s1. The molecule has 0 saturated carbocycles. The van der Waals surface area contributed by atoms with Crippen molar-refractivity contribution >= 4 is 66.1 Å². The van der Waals surface area contributed by atoms with Crippen LogP contribution in [0.3, 0.4) is 0 Å². The number of thioether (sulfide) groups is 1. The van der Waals surface area contributed by atoms with Crippen molar-refractivity contribution in [3.8, 4) is 0 Å². The summed E-state index contributed by atoms with van der Waals surface area (Å²) in [6, 6.07) is 26.8. The third-order valence-electron chi connectivity index (χ3n) is 16.1. The first-order valence-electron chi connectivity index (χ1n) is 27.4. The first-order chi connectivity index (χ1) is 37.4. The van der Waals surface area contributed by atoms with E-state index in [-0.39, 0.29) is 11.0 Å². The SMILES string of the molecule is C[C@@]1(CN2CCC(N3CCNCC3)CC2)CCC(c2ccc(Cl)cc2)=C(CN2CCN(c3ccc(C(=O)NS(=O)(=O)c4ccc(NC(CCN5CCCOCC5)CSc5ccccc5)c(S(=O)(=O)C(F)(F)F)c4)cc3)CC2)C1. The Morgan fingerprint density at radius 3 is 2.26 bits per heavy atom. The maximum atomic E-state index is 14.3. The van der Waals surface area contributed by atoms with Gasteiger partial charge in [-0.25, -0.2) is 21.6 Å². The quantitative estimate of drug-likeness (QED) is 0.0771. The lowest BCUT2D eigenvalue weighted by Crippen LogP contribution is -2.53. The molecule has 4 aliphatic heterocycles. The monoisotopic (exact) mass is 1150 g/mol. The molecule has 21 heteroatoms. The molecule has 424 valence electrons. The van der Waals surface area contributed by atoms with E-state index in [4.69, 9.17) is 16.3 Å².